The lowest BCUT2D eigenvalue weighted by Gasteiger charge is -2.37. The van der Waals surface area contributed by atoms with E-state index in [2.05, 4.69) is 31.2 Å². The molecule has 6 atom stereocenters. The Morgan fingerprint density at radius 2 is 1.70 bits per heavy atom. The number of aromatic nitrogens is 2. The fourth-order valence-electron chi connectivity index (χ4n) is 5.80. The molecule has 0 radical (unpaired) electrons. The minimum Gasteiger partial charge on any atom is -0.379 e. The molecule has 1 aliphatic heterocycles. The van der Waals surface area contributed by atoms with Crippen LogP contribution in [0.15, 0.2) is 18.6 Å². The van der Waals surface area contributed by atoms with Gasteiger partial charge >= 0.3 is 0 Å². The lowest BCUT2D eigenvalue weighted by molar-refractivity contribution is -0.146. The average molecular weight is 658 g/mol. The third kappa shape index (κ3) is 10.0. The third-order valence-electron chi connectivity index (χ3n) is 8.69. The predicted octanol–water partition coefficient (Wildman–Crippen LogP) is 1.29. The Hall–Kier alpha value is -3.94. The van der Waals surface area contributed by atoms with E-state index in [9.17, 15) is 28.8 Å². The zero-order valence-electron chi connectivity index (χ0n) is 28.6. The minimum atomic E-state index is -1.18. The Labute approximate surface area is 276 Å². The molecule has 4 N–H and O–H groups in total. The maximum Gasteiger partial charge on any atom is 0.289 e. The van der Waals surface area contributed by atoms with Crippen LogP contribution in [0.4, 0.5) is 0 Å². The number of Topliss-reactive ketones (excluding diaryl/α,β-unsaturated/α-hetero) is 1. The van der Waals surface area contributed by atoms with E-state index in [1.165, 1.54) is 30.6 Å². The molecule has 14 nitrogen and oxygen atoms in total. The Balaban J connectivity index is 1.84. The van der Waals surface area contributed by atoms with Crippen LogP contribution in [0.3, 0.4) is 0 Å². The highest BCUT2D eigenvalue weighted by Crippen LogP contribution is 2.32. The predicted molar refractivity (Wildman–Crippen MR) is 173 cm³/mol. The molecule has 2 aliphatic rings. The van der Waals surface area contributed by atoms with Gasteiger partial charge in [0.05, 0.1) is 18.3 Å². The standard InChI is InChI=1S/C33H51N7O7/c1-8-10-20-14-17-40(25(20)30(44)37-22(11-9-2)26(41)31(45)36-21-12-13-21)32(46)27(33(4,5)6)39-29(43)24(19(3)47-7)38-28(42)23-18-34-15-16-35-23/h15-16,18-22,24-25,27H,8-14,17H2,1-7H3,(H,36,45)(H,37,44)(H,38,42)(H,39,43)/t19-,20?,22?,24+,25+,27-/m1/s1. The maximum atomic E-state index is 14.3. The molecule has 1 saturated heterocycles. The molecule has 260 valence electrons. The first-order valence-corrected chi connectivity index (χ1v) is 16.6. The quantitative estimate of drug-likeness (QED) is 0.190. The van der Waals surface area contributed by atoms with E-state index in [0.29, 0.717) is 19.3 Å². The summed E-state index contributed by atoms with van der Waals surface area (Å²) in [5, 5.41) is 11.0. The van der Waals surface area contributed by atoms with Crippen molar-refractivity contribution in [3.8, 4) is 0 Å². The van der Waals surface area contributed by atoms with Gasteiger partial charge in [0, 0.05) is 32.1 Å². The van der Waals surface area contributed by atoms with Gasteiger partial charge in [0.25, 0.3) is 11.8 Å². The summed E-state index contributed by atoms with van der Waals surface area (Å²) in [7, 11) is 1.40. The number of nitrogens with zero attached hydrogens (tertiary/aromatic N) is 3. The lowest BCUT2D eigenvalue weighted by atomic mass is 9.85. The third-order valence-corrected chi connectivity index (χ3v) is 8.69. The zero-order valence-corrected chi connectivity index (χ0v) is 28.6. The number of nitrogens with one attached hydrogen (secondary N) is 4. The molecule has 2 unspecified atom stereocenters. The van der Waals surface area contributed by atoms with Gasteiger partial charge in [0.1, 0.15) is 23.8 Å². The highest BCUT2D eigenvalue weighted by atomic mass is 16.5. The summed E-state index contributed by atoms with van der Waals surface area (Å²) in [4.78, 5) is 89.9. The van der Waals surface area contributed by atoms with Gasteiger partial charge in [0.2, 0.25) is 23.5 Å². The van der Waals surface area contributed by atoms with Crippen LogP contribution >= 0.6 is 0 Å². The SMILES string of the molecule is CCCC(NC(=O)[C@@H]1C(CCC)CCN1C(=O)[C@@H](NC(=O)[C@@H](NC(=O)c1cnccn1)[C@@H](C)OC)C(C)(C)C)C(=O)C(=O)NC1CC1. The second-order valence-corrected chi connectivity index (χ2v) is 13.6. The molecule has 1 aliphatic carbocycles. The Morgan fingerprint density at radius 1 is 1.00 bits per heavy atom. The summed E-state index contributed by atoms with van der Waals surface area (Å²) in [5.74, 6) is -3.83. The van der Waals surface area contributed by atoms with Crippen molar-refractivity contribution < 1.29 is 33.5 Å². The van der Waals surface area contributed by atoms with Crippen molar-refractivity contribution in [3.05, 3.63) is 24.3 Å². The van der Waals surface area contributed by atoms with Crippen molar-refractivity contribution in [2.24, 2.45) is 11.3 Å². The van der Waals surface area contributed by atoms with Crippen molar-refractivity contribution in [2.45, 2.75) is 123 Å². The molecule has 0 bridgehead atoms. The Bertz CT molecular complexity index is 1280. The molecule has 0 aromatic carbocycles. The molecule has 1 aromatic rings. The average Bonchev–Trinajstić information content (AvgIpc) is 3.76. The van der Waals surface area contributed by atoms with Gasteiger partial charge in [0.15, 0.2) is 0 Å². The van der Waals surface area contributed by atoms with Gasteiger partial charge in [-0.05, 0) is 50.4 Å². The molecule has 1 aromatic heterocycles. The van der Waals surface area contributed by atoms with Gasteiger partial charge in [-0.3, -0.25) is 33.8 Å². The molecule has 0 spiro atoms. The number of rotatable bonds is 16. The largest absolute Gasteiger partial charge is 0.379 e. The first-order chi connectivity index (χ1) is 22.2. The number of likely N-dealkylation sites (tertiary alicyclic amines) is 1. The van der Waals surface area contributed by atoms with E-state index in [1.54, 1.807) is 27.7 Å². The topological polar surface area (TPSA) is 189 Å². The maximum absolute atomic E-state index is 14.3. The molecular formula is C33H51N7O7. The number of hydrogen-bond acceptors (Lipinski definition) is 9. The monoisotopic (exact) mass is 657 g/mol. The van der Waals surface area contributed by atoms with Crippen molar-refractivity contribution >= 4 is 35.3 Å². The summed E-state index contributed by atoms with van der Waals surface area (Å²) in [6.07, 6.45) is 7.78. The van der Waals surface area contributed by atoms with E-state index in [-0.39, 0.29) is 30.6 Å². The minimum absolute atomic E-state index is 0.00217. The van der Waals surface area contributed by atoms with E-state index in [1.807, 2.05) is 13.8 Å². The Morgan fingerprint density at radius 3 is 2.26 bits per heavy atom. The van der Waals surface area contributed by atoms with Crippen LogP contribution in [0.1, 0.15) is 97.0 Å². The van der Waals surface area contributed by atoms with Crippen LogP contribution in [0.25, 0.3) is 0 Å². The first-order valence-electron chi connectivity index (χ1n) is 16.6. The van der Waals surface area contributed by atoms with Crippen molar-refractivity contribution in [3.63, 3.8) is 0 Å². The summed E-state index contributed by atoms with van der Waals surface area (Å²) < 4.78 is 5.39. The Kier molecular flexibility index (Phi) is 13.4. The van der Waals surface area contributed by atoms with Crippen molar-refractivity contribution in [1.82, 2.24) is 36.1 Å². The number of amides is 5. The number of carbonyl (C=O) groups excluding carboxylic acids is 6. The van der Waals surface area contributed by atoms with E-state index in [4.69, 9.17) is 4.74 Å². The highest BCUT2D eigenvalue weighted by Gasteiger charge is 2.47. The van der Waals surface area contributed by atoms with Gasteiger partial charge in [-0.1, -0.05) is 47.5 Å². The summed E-state index contributed by atoms with van der Waals surface area (Å²) in [6.45, 7) is 11.1. The smallest absolute Gasteiger partial charge is 0.289 e. The fourth-order valence-corrected chi connectivity index (χ4v) is 5.80. The van der Waals surface area contributed by atoms with E-state index >= 15 is 0 Å². The summed E-state index contributed by atoms with van der Waals surface area (Å²) >= 11 is 0. The van der Waals surface area contributed by atoms with Crippen LogP contribution in [0.2, 0.25) is 0 Å². The van der Waals surface area contributed by atoms with Crippen LogP contribution < -0.4 is 21.3 Å². The van der Waals surface area contributed by atoms with Gasteiger partial charge in [-0.15, -0.1) is 0 Å². The molecule has 3 rings (SSSR count). The number of ketones is 1. The molecule has 2 heterocycles. The van der Waals surface area contributed by atoms with Gasteiger partial charge in [-0.2, -0.15) is 0 Å². The van der Waals surface area contributed by atoms with Crippen molar-refractivity contribution in [2.75, 3.05) is 13.7 Å². The number of carbonyl (C=O) groups is 6. The lowest BCUT2D eigenvalue weighted by Crippen LogP contribution is -2.62. The summed E-state index contributed by atoms with van der Waals surface area (Å²) in [5.41, 5.74) is -0.789. The van der Waals surface area contributed by atoms with Gasteiger partial charge in [-0.25, -0.2) is 4.98 Å². The second-order valence-electron chi connectivity index (χ2n) is 13.6. The fraction of sp³-hybridized carbons (Fsp3) is 0.697. The normalized spacial score (nSPS) is 20.4. The van der Waals surface area contributed by atoms with Crippen LogP contribution in [-0.4, -0.2) is 100 Å². The van der Waals surface area contributed by atoms with Crippen molar-refractivity contribution in [1.29, 1.82) is 0 Å². The van der Waals surface area contributed by atoms with E-state index < -0.39 is 71.0 Å². The highest BCUT2D eigenvalue weighted by molar-refractivity contribution is 6.38. The molecule has 5 amide bonds. The number of hydrogen-bond donors (Lipinski definition) is 4. The van der Waals surface area contributed by atoms with Crippen LogP contribution in [0, 0.1) is 11.3 Å². The zero-order chi connectivity index (χ0) is 34.9. The van der Waals surface area contributed by atoms with E-state index in [0.717, 1.165) is 19.3 Å². The summed E-state index contributed by atoms with van der Waals surface area (Å²) in [6, 6.07) is -4.17. The number of ether oxygens (including phenoxy) is 1. The van der Waals surface area contributed by atoms with Gasteiger partial charge < -0.3 is 30.9 Å². The first kappa shape index (κ1) is 37.5. The molecular weight excluding hydrogens is 606 g/mol. The second kappa shape index (κ2) is 16.8. The van der Waals surface area contributed by atoms with Crippen LogP contribution in [0.5, 0.6) is 0 Å². The number of methoxy groups -OCH3 is 1. The molecule has 2 fully saturated rings. The van der Waals surface area contributed by atoms with Crippen LogP contribution in [-0.2, 0) is 28.7 Å². The molecule has 47 heavy (non-hydrogen) atoms. The molecule has 14 heteroatoms. The molecule has 1 saturated carbocycles.